The summed E-state index contributed by atoms with van der Waals surface area (Å²) < 4.78 is 0. The molecular weight excluding hydrogens is 336 g/mol. The van der Waals surface area contributed by atoms with Crippen LogP contribution in [0, 0.1) is 13.8 Å². The lowest BCUT2D eigenvalue weighted by atomic mass is 9.93. The Bertz CT molecular complexity index is 893. The topological polar surface area (TPSA) is 49.4 Å². The Morgan fingerprint density at radius 2 is 1.63 bits per heavy atom. The van der Waals surface area contributed by atoms with Crippen LogP contribution in [0.1, 0.15) is 35.2 Å². The number of allylic oxidation sites excluding steroid dienone is 1. The number of carbonyl (C=O) groups is 2. The normalized spacial score (nSPS) is 17.0. The molecule has 0 saturated carbocycles. The molecule has 1 unspecified atom stereocenters. The van der Waals surface area contributed by atoms with Crippen molar-refractivity contribution in [1.29, 1.82) is 0 Å². The number of hydrogen-bond donors (Lipinski definition) is 1. The molecule has 0 radical (unpaired) electrons. The smallest absolute Gasteiger partial charge is 0.322 e. The van der Waals surface area contributed by atoms with Gasteiger partial charge in [-0.3, -0.25) is 4.79 Å². The third-order valence-corrected chi connectivity index (χ3v) is 4.67. The zero-order valence-corrected chi connectivity index (χ0v) is 15.9. The Kier molecular flexibility index (Phi) is 5.55. The van der Waals surface area contributed by atoms with Crippen molar-refractivity contribution in [1.82, 2.24) is 10.2 Å². The summed E-state index contributed by atoms with van der Waals surface area (Å²) in [6, 6.07) is 15.2. The van der Waals surface area contributed by atoms with Crippen LogP contribution in [0.15, 0.2) is 66.4 Å². The molecule has 0 aromatic heterocycles. The number of hydrogen-bond acceptors (Lipinski definition) is 2. The van der Waals surface area contributed by atoms with Gasteiger partial charge in [-0.1, -0.05) is 65.7 Å². The van der Waals surface area contributed by atoms with Gasteiger partial charge in [-0.2, -0.15) is 0 Å². The Hall–Kier alpha value is -3.14. The second-order valence-electron chi connectivity index (χ2n) is 6.77. The van der Waals surface area contributed by atoms with Gasteiger partial charge in [-0.25, -0.2) is 4.79 Å². The first kappa shape index (κ1) is 18.6. The lowest BCUT2D eigenvalue weighted by Crippen LogP contribution is -2.44. The van der Waals surface area contributed by atoms with Crippen molar-refractivity contribution in [2.75, 3.05) is 6.54 Å². The summed E-state index contributed by atoms with van der Waals surface area (Å²) in [4.78, 5) is 26.7. The number of aryl methyl sites for hydroxylation is 2. The van der Waals surface area contributed by atoms with Crippen LogP contribution in [0.4, 0.5) is 4.79 Å². The summed E-state index contributed by atoms with van der Waals surface area (Å²) >= 11 is 0. The lowest BCUT2D eigenvalue weighted by Gasteiger charge is -2.31. The van der Waals surface area contributed by atoms with E-state index in [-0.39, 0.29) is 11.8 Å². The fraction of sp³-hybridized carbons (Fsp3) is 0.217. The minimum absolute atomic E-state index is 0.111. The highest BCUT2D eigenvalue weighted by Crippen LogP contribution is 2.27. The van der Waals surface area contributed by atoms with E-state index in [1.807, 2.05) is 75.4 Å². The van der Waals surface area contributed by atoms with Gasteiger partial charge >= 0.3 is 6.03 Å². The first-order valence-corrected chi connectivity index (χ1v) is 9.12. The van der Waals surface area contributed by atoms with Crippen LogP contribution in [-0.2, 0) is 4.79 Å². The largest absolute Gasteiger partial charge is 0.327 e. The van der Waals surface area contributed by atoms with Crippen molar-refractivity contribution >= 4 is 17.9 Å². The van der Waals surface area contributed by atoms with Crippen LogP contribution in [-0.4, -0.2) is 23.3 Å². The van der Waals surface area contributed by atoms with Crippen molar-refractivity contribution in [2.24, 2.45) is 0 Å². The molecule has 3 rings (SSSR count). The van der Waals surface area contributed by atoms with Gasteiger partial charge in [0.25, 0.3) is 0 Å². The summed E-state index contributed by atoms with van der Waals surface area (Å²) in [6.45, 7) is 6.42. The number of urea groups is 1. The first-order chi connectivity index (χ1) is 13.0. The molecule has 2 aromatic carbocycles. The molecule has 27 heavy (non-hydrogen) atoms. The third-order valence-electron chi connectivity index (χ3n) is 4.67. The molecule has 0 spiro atoms. The summed E-state index contributed by atoms with van der Waals surface area (Å²) in [5, 5.41) is 2.95. The molecule has 1 aliphatic heterocycles. The van der Waals surface area contributed by atoms with E-state index in [9.17, 15) is 9.59 Å². The van der Waals surface area contributed by atoms with Gasteiger partial charge in [0, 0.05) is 18.3 Å². The van der Waals surface area contributed by atoms with E-state index < -0.39 is 6.04 Å². The average molecular weight is 360 g/mol. The quantitative estimate of drug-likeness (QED) is 0.795. The van der Waals surface area contributed by atoms with E-state index in [0.717, 1.165) is 16.7 Å². The molecule has 1 atom stereocenters. The number of carbonyl (C=O) groups excluding carboxylic acids is 2. The number of nitrogens with one attached hydrogen (secondary N) is 1. The van der Waals surface area contributed by atoms with Gasteiger partial charge in [0.1, 0.15) is 0 Å². The van der Waals surface area contributed by atoms with E-state index in [1.54, 1.807) is 12.3 Å². The maximum atomic E-state index is 12.9. The standard InChI is InChI=1S/C23H24N2O2/c1-4-25-15-20(21(26)14-11-18-9-5-16(2)6-10-18)22(24-23(25)27)19-12-7-17(3)8-13-19/h5-15,22H,4H2,1-3H3,(H,24,27). The second kappa shape index (κ2) is 8.04. The van der Waals surface area contributed by atoms with Crippen LogP contribution < -0.4 is 5.32 Å². The van der Waals surface area contributed by atoms with E-state index in [0.29, 0.717) is 12.1 Å². The molecule has 1 heterocycles. The minimum atomic E-state index is -0.448. The van der Waals surface area contributed by atoms with Crippen molar-refractivity contribution in [3.05, 3.63) is 88.6 Å². The van der Waals surface area contributed by atoms with Crippen molar-refractivity contribution in [3.63, 3.8) is 0 Å². The molecule has 4 heteroatoms. The maximum Gasteiger partial charge on any atom is 0.322 e. The first-order valence-electron chi connectivity index (χ1n) is 9.12. The second-order valence-corrected chi connectivity index (χ2v) is 6.77. The number of ketones is 1. The van der Waals surface area contributed by atoms with Crippen LogP contribution in [0.3, 0.4) is 0 Å². The van der Waals surface area contributed by atoms with E-state index >= 15 is 0 Å². The van der Waals surface area contributed by atoms with Crippen LogP contribution in [0.2, 0.25) is 0 Å². The Labute approximate surface area is 160 Å². The van der Waals surface area contributed by atoms with E-state index in [4.69, 9.17) is 0 Å². The van der Waals surface area contributed by atoms with Gasteiger partial charge < -0.3 is 10.2 Å². The number of benzene rings is 2. The van der Waals surface area contributed by atoms with Gasteiger partial charge in [0.2, 0.25) is 0 Å². The summed E-state index contributed by atoms with van der Waals surface area (Å²) in [7, 11) is 0. The number of nitrogens with zero attached hydrogens (tertiary/aromatic N) is 1. The summed E-state index contributed by atoms with van der Waals surface area (Å²) in [5.41, 5.74) is 4.73. The Morgan fingerprint density at radius 1 is 1.04 bits per heavy atom. The number of rotatable bonds is 5. The molecular formula is C23H24N2O2. The minimum Gasteiger partial charge on any atom is -0.327 e. The van der Waals surface area contributed by atoms with Gasteiger partial charge in [-0.15, -0.1) is 0 Å². The van der Waals surface area contributed by atoms with Crippen molar-refractivity contribution < 1.29 is 9.59 Å². The fourth-order valence-electron chi connectivity index (χ4n) is 2.99. The van der Waals surface area contributed by atoms with Gasteiger partial charge in [0.05, 0.1) is 6.04 Å². The van der Waals surface area contributed by atoms with Crippen molar-refractivity contribution in [2.45, 2.75) is 26.8 Å². The molecule has 1 aliphatic rings. The molecule has 2 amide bonds. The van der Waals surface area contributed by atoms with Crippen LogP contribution >= 0.6 is 0 Å². The molecule has 0 aliphatic carbocycles. The zero-order valence-electron chi connectivity index (χ0n) is 15.9. The molecule has 0 fully saturated rings. The zero-order chi connectivity index (χ0) is 19.4. The highest BCUT2D eigenvalue weighted by Gasteiger charge is 2.30. The number of amides is 2. The molecule has 2 aromatic rings. The van der Waals surface area contributed by atoms with Crippen LogP contribution in [0.25, 0.3) is 6.08 Å². The predicted octanol–water partition coefficient (Wildman–Crippen LogP) is 4.56. The lowest BCUT2D eigenvalue weighted by molar-refractivity contribution is -0.111. The predicted molar refractivity (Wildman–Crippen MR) is 108 cm³/mol. The summed E-state index contributed by atoms with van der Waals surface area (Å²) in [5.74, 6) is -0.111. The molecule has 0 bridgehead atoms. The van der Waals surface area contributed by atoms with E-state index in [1.165, 1.54) is 10.5 Å². The monoisotopic (exact) mass is 360 g/mol. The maximum absolute atomic E-state index is 12.9. The van der Waals surface area contributed by atoms with Gasteiger partial charge in [0.15, 0.2) is 5.78 Å². The van der Waals surface area contributed by atoms with E-state index in [2.05, 4.69) is 5.32 Å². The van der Waals surface area contributed by atoms with Crippen LogP contribution in [0.5, 0.6) is 0 Å². The van der Waals surface area contributed by atoms with Gasteiger partial charge in [-0.05, 0) is 38.0 Å². The molecule has 1 N–H and O–H groups in total. The average Bonchev–Trinajstić information content (AvgIpc) is 2.67. The Balaban J connectivity index is 1.91. The van der Waals surface area contributed by atoms with Crippen molar-refractivity contribution in [3.8, 4) is 0 Å². The highest BCUT2D eigenvalue weighted by atomic mass is 16.2. The SMILES string of the molecule is CCN1C=C(C(=O)C=Cc2ccc(C)cc2)C(c2ccc(C)cc2)NC1=O. The third kappa shape index (κ3) is 4.34. The molecule has 4 nitrogen and oxygen atoms in total. The molecule has 0 saturated heterocycles. The Morgan fingerprint density at radius 3 is 2.22 bits per heavy atom. The molecule has 138 valence electrons. The summed E-state index contributed by atoms with van der Waals surface area (Å²) in [6.07, 6.45) is 5.05. The fourth-order valence-corrected chi connectivity index (χ4v) is 2.99. The highest BCUT2D eigenvalue weighted by molar-refractivity contribution is 6.08.